The van der Waals surface area contributed by atoms with Crippen molar-refractivity contribution in [2.24, 2.45) is 0 Å². The van der Waals surface area contributed by atoms with Gasteiger partial charge < -0.3 is 5.11 Å². The van der Waals surface area contributed by atoms with Gasteiger partial charge in [0.2, 0.25) is 0 Å². The van der Waals surface area contributed by atoms with E-state index in [1.807, 2.05) is 6.07 Å². The summed E-state index contributed by atoms with van der Waals surface area (Å²) in [5, 5.41) is 12.9. The summed E-state index contributed by atoms with van der Waals surface area (Å²) < 4.78 is 0. The van der Waals surface area contributed by atoms with E-state index in [9.17, 15) is 9.90 Å². The number of aliphatic carboxylic acids is 1. The van der Waals surface area contributed by atoms with Crippen LogP contribution in [0.3, 0.4) is 0 Å². The fraction of sp³-hybridized carbons (Fsp3) is 0.600. The first-order chi connectivity index (χ1) is 9.13. The molecule has 1 aromatic heterocycles. The zero-order chi connectivity index (χ0) is 13.7. The van der Waals surface area contributed by atoms with Crippen LogP contribution in [0.15, 0.2) is 24.4 Å². The number of nitrogens with one attached hydrogen (secondary N) is 1. The Bertz CT molecular complexity index is 413. The number of pyridine rings is 1. The summed E-state index contributed by atoms with van der Waals surface area (Å²) in [4.78, 5) is 15.9. The molecule has 1 aliphatic rings. The van der Waals surface area contributed by atoms with Crippen molar-refractivity contribution < 1.29 is 9.90 Å². The molecule has 104 valence electrons. The molecule has 1 atom stereocenters. The Morgan fingerprint density at radius 2 is 2.00 bits per heavy atom. The number of carbonyl (C=O) groups is 1. The Balaban J connectivity index is 2.17. The van der Waals surface area contributed by atoms with E-state index in [4.69, 9.17) is 0 Å². The average Bonchev–Trinajstić information content (AvgIpc) is 2.68. The van der Waals surface area contributed by atoms with E-state index in [0.717, 1.165) is 12.8 Å². The van der Waals surface area contributed by atoms with Crippen LogP contribution in [0.1, 0.15) is 51.1 Å². The van der Waals surface area contributed by atoms with Crippen LogP contribution in [0.5, 0.6) is 0 Å². The van der Waals surface area contributed by atoms with Gasteiger partial charge in [0.1, 0.15) is 0 Å². The smallest absolute Gasteiger partial charge is 0.329 e. The van der Waals surface area contributed by atoms with E-state index in [0.29, 0.717) is 5.69 Å². The van der Waals surface area contributed by atoms with Crippen molar-refractivity contribution in [1.82, 2.24) is 10.3 Å². The SMILES string of the molecule is CC(NC1CCCCCC1)(C(=O)O)c1ccccn1. The molecule has 1 saturated carbocycles. The van der Waals surface area contributed by atoms with E-state index >= 15 is 0 Å². The molecule has 19 heavy (non-hydrogen) atoms. The molecule has 1 aromatic rings. The van der Waals surface area contributed by atoms with Crippen LogP contribution >= 0.6 is 0 Å². The third-order valence-corrected chi connectivity index (χ3v) is 3.95. The van der Waals surface area contributed by atoms with Crippen LogP contribution in [0.4, 0.5) is 0 Å². The van der Waals surface area contributed by atoms with Crippen LogP contribution in [0.25, 0.3) is 0 Å². The fourth-order valence-electron chi connectivity index (χ4n) is 2.74. The minimum absolute atomic E-state index is 0.269. The molecule has 1 unspecified atom stereocenters. The van der Waals surface area contributed by atoms with Gasteiger partial charge in [-0.2, -0.15) is 0 Å². The van der Waals surface area contributed by atoms with Gasteiger partial charge in [-0.1, -0.05) is 31.7 Å². The topological polar surface area (TPSA) is 62.2 Å². The second-order valence-corrected chi connectivity index (χ2v) is 5.48. The Kier molecular flexibility index (Phi) is 4.53. The van der Waals surface area contributed by atoms with Crippen molar-refractivity contribution in [1.29, 1.82) is 0 Å². The highest BCUT2D eigenvalue weighted by molar-refractivity contribution is 5.79. The monoisotopic (exact) mass is 262 g/mol. The molecule has 0 saturated heterocycles. The van der Waals surface area contributed by atoms with Gasteiger partial charge in [0.15, 0.2) is 5.54 Å². The lowest BCUT2D eigenvalue weighted by molar-refractivity contribution is -0.145. The quantitative estimate of drug-likeness (QED) is 0.819. The molecule has 2 N–H and O–H groups in total. The molecule has 2 rings (SSSR count). The van der Waals surface area contributed by atoms with Crippen molar-refractivity contribution in [3.63, 3.8) is 0 Å². The average molecular weight is 262 g/mol. The molecule has 0 aromatic carbocycles. The van der Waals surface area contributed by atoms with Gasteiger partial charge in [0.05, 0.1) is 5.69 Å². The van der Waals surface area contributed by atoms with Crippen molar-refractivity contribution >= 4 is 5.97 Å². The highest BCUT2D eigenvalue weighted by atomic mass is 16.4. The maximum Gasteiger partial charge on any atom is 0.329 e. The molecule has 0 aliphatic heterocycles. The van der Waals surface area contributed by atoms with Crippen molar-refractivity contribution in [3.05, 3.63) is 30.1 Å². The molecule has 1 heterocycles. The number of nitrogens with zero attached hydrogens (tertiary/aromatic N) is 1. The van der Waals surface area contributed by atoms with Gasteiger partial charge in [-0.15, -0.1) is 0 Å². The number of rotatable bonds is 4. The third kappa shape index (κ3) is 3.32. The van der Waals surface area contributed by atoms with Gasteiger partial charge in [-0.3, -0.25) is 10.3 Å². The zero-order valence-corrected chi connectivity index (χ0v) is 11.4. The van der Waals surface area contributed by atoms with Crippen molar-refractivity contribution in [2.45, 2.75) is 57.0 Å². The van der Waals surface area contributed by atoms with Crippen LogP contribution in [-0.4, -0.2) is 22.1 Å². The van der Waals surface area contributed by atoms with Gasteiger partial charge in [-0.05, 0) is 31.9 Å². The predicted molar refractivity (Wildman–Crippen MR) is 73.9 cm³/mol. The molecular weight excluding hydrogens is 240 g/mol. The Morgan fingerprint density at radius 3 is 2.53 bits per heavy atom. The normalized spacial score (nSPS) is 20.5. The lowest BCUT2D eigenvalue weighted by Gasteiger charge is -2.30. The van der Waals surface area contributed by atoms with E-state index in [1.54, 1.807) is 25.3 Å². The summed E-state index contributed by atoms with van der Waals surface area (Å²) >= 11 is 0. The van der Waals surface area contributed by atoms with Crippen molar-refractivity contribution in [3.8, 4) is 0 Å². The molecular formula is C15H22N2O2. The molecule has 4 heteroatoms. The van der Waals surface area contributed by atoms with E-state index < -0.39 is 11.5 Å². The largest absolute Gasteiger partial charge is 0.480 e. The van der Waals surface area contributed by atoms with Crippen LogP contribution in [0.2, 0.25) is 0 Å². The molecule has 1 aliphatic carbocycles. The van der Waals surface area contributed by atoms with Crippen LogP contribution in [0, 0.1) is 0 Å². The highest BCUT2D eigenvalue weighted by Crippen LogP contribution is 2.24. The number of aromatic nitrogens is 1. The van der Waals surface area contributed by atoms with Crippen LogP contribution < -0.4 is 5.32 Å². The third-order valence-electron chi connectivity index (χ3n) is 3.95. The van der Waals surface area contributed by atoms with Gasteiger partial charge in [0.25, 0.3) is 0 Å². The van der Waals surface area contributed by atoms with Crippen molar-refractivity contribution in [2.75, 3.05) is 0 Å². The molecule has 0 amide bonds. The first-order valence-electron chi connectivity index (χ1n) is 7.05. The summed E-state index contributed by atoms with van der Waals surface area (Å²) in [7, 11) is 0. The number of carboxylic acid groups (broad SMARTS) is 1. The Labute approximate surface area is 114 Å². The molecule has 0 spiro atoms. The first-order valence-corrected chi connectivity index (χ1v) is 7.05. The van der Waals surface area contributed by atoms with Crippen LogP contribution in [-0.2, 0) is 10.3 Å². The summed E-state index contributed by atoms with van der Waals surface area (Å²) in [6.07, 6.45) is 8.61. The number of hydrogen-bond donors (Lipinski definition) is 2. The summed E-state index contributed by atoms with van der Waals surface area (Å²) in [5.74, 6) is -0.865. The fourth-order valence-corrected chi connectivity index (χ4v) is 2.74. The Morgan fingerprint density at radius 1 is 1.32 bits per heavy atom. The highest BCUT2D eigenvalue weighted by Gasteiger charge is 2.38. The summed E-state index contributed by atoms with van der Waals surface area (Å²) in [5.41, 5.74) is -0.525. The predicted octanol–water partition coefficient (Wildman–Crippen LogP) is 2.69. The second kappa shape index (κ2) is 6.15. The van der Waals surface area contributed by atoms with E-state index in [2.05, 4.69) is 10.3 Å². The summed E-state index contributed by atoms with van der Waals surface area (Å²) in [6.45, 7) is 1.71. The maximum absolute atomic E-state index is 11.7. The lowest BCUT2D eigenvalue weighted by atomic mass is 9.94. The van der Waals surface area contributed by atoms with E-state index in [-0.39, 0.29) is 6.04 Å². The van der Waals surface area contributed by atoms with Gasteiger partial charge >= 0.3 is 5.97 Å². The minimum atomic E-state index is -1.10. The molecule has 4 nitrogen and oxygen atoms in total. The summed E-state index contributed by atoms with van der Waals surface area (Å²) in [6, 6.07) is 5.68. The Hall–Kier alpha value is -1.42. The molecule has 0 bridgehead atoms. The first kappa shape index (κ1) is 14.0. The maximum atomic E-state index is 11.7. The lowest BCUT2D eigenvalue weighted by Crippen LogP contribution is -2.51. The molecule has 1 fully saturated rings. The number of hydrogen-bond acceptors (Lipinski definition) is 3. The minimum Gasteiger partial charge on any atom is -0.480 e. The standard InChI is InChI=1S/C15H22N2O2/c1-15(14(18)19,13-10-6-7-11-16-13)17-12-8-4-2-3-5-9-12/h6-7,10-12,17H,2-5,8-9H2,1H3,(H,18,19). The number of carboxylic acids is 1. The second-order valence-electron chi connectivity index (χ2n) is 5.48. The van der Waals surface area contributed by atoms with Gasteiger partial charge in [0, 0.05) is 12.2 Å². The van der Waals surface area contributed by atoms with E-state index in [1.165, 1.54) is 25.7 Å². The zero-order valence-electron chi connectivity index (χ0n) is 11.4. The molecule has 0 radical (unpaired) electrons. The van der Waals surface area contributed by atoms with Gasteiger partial charge in [-0.25, -0.2) is 4.79 Å².